The van der Waals surface area contributed by atoms with Crippen molar-refractivity contribution in [2.45, 2.75) is 6.54 Å². The molecule has 0 saturated carbocycles. The topological polar surface area (TPSA) is 78.1 Å². The zero-order chi connectivity index (χ0) is 16.7. The molecular formula is C17H22IN3O3. The first-order chi connectivity index (χ1) is 11.2. The largest absolute Gasteiger partial charge is 0.497 e. The van der Waals surface area contributed by atoms with Gasteiger partial charge in [-0.2, -0.15) is 0 Å². The van der Waals surface area contributed by atoms with E-state index in [1.54, 1.807) is 33.5 Å². The molecule has 6 nitrogen and oxygen atoms in total. The van der Waals surface area contributed by atoms with Crippen LogP contribution in [-0.2, 0) is 6.54 Å². The van der Waals surface area contributed by atoms with Gasteiger partial charge in [0.25, 0.3) is 0 Å². The lowest BCUT2D eigenvalue weighted by Crippen LogP contribution is -2.23. The summed E-state index contributed by atoms with van der Waals surface area (Å²) in [5.41, 5.74) is 7.67. The van der Waals surface area contributed by atoms with Gasteiger partial charge in [0.05, 0.1) is 33.6 Å². The van der Waals surface area contributed by atoms with Crippen LogP contribution in [0.25, 0.3) is 0 Å². The summed E-state index contributed by atoms with van der Waals surface area (Å²) in [5.74, 6) is 2.47. The number of nitrogens with one attached hydrogen (secondary N) is 1. The Morgan fingerprint density at radius 1 is 0.958 bits per heavy atom. The Labute approximate surface area is 159 Å². The lowest BCUT2D eigenvalue weighted by Gasteiger charge is -2.12. The number of anilines is 1. The standard InChI is InChI=1S/C17H21N3O3.HI/c1-21-13-6-4-12(5-7-13)11-19-17(18)20-15-10-14(22-2)8-9-16(15)23-3;/h4-10H,11H2,1-3H3,(H3,18,19,20);1H. The number of rotatable bonds is 6. The van der Waals surface area contributed by atoms with Crippen LogP contribution < -0.4 is 25.3 Å². The lowest BCUT2D eigenvalue weighted by molar-refractivity contribution is 0.405. The normalized spacial score (nSPS) is 10.5. The van der Waals surface area contributed by atoms with Crippen molar-refractivity contribution >= 4 is 35.6 Å². The first-order valence-corrected chi connectivity index (χ1v) is 7.08. The van der Waals surface area contributed by atoms with Crippen LogP contribution in [0.15, 0.2) is 47.5 Å². The molecule has 0 amide bonds. The molecule has 24 heavy (non-hydrogen) atoms. The molecule has 0 bridgehead atoms. The van der Waals surface area contributed by atoms with Crippen molar-refractivity contribution < 1.29 is 14.2 Å². The zero-order valence-corrected chi connectivity index (χ0v) is 16.2. The number of methoxy groups -OCH3 is 3. The van der Waals surface area contributed by atoms with Crippen molar-refractivity contribution in [3.63, 3.8) is 0 Å². The second kappa shape index (κ2) is 9.86. The fourth-order valence-corrected chi connectivity index (χ4v) is 2.00. The fourth-order valence-electron chi connectivity index (χ4n) is 2.00. The second-order valence-corrected chi connectivity index (χ2v) is 4.74. The third kappa shape index (κ3) is 5.48. The number of hydrogen-bond acceptors (Lipinski definition) is 4. The Morgan fingerprint density at radius 2 is 1.58 bits per heavy atom. The monoisotopic (exact) mass is 443 g/mol. The minimum absolute atomic E-state index is 0. The maximum absolute atomic E-state index is 5.94. The molecule has 0 saturated heterocycles. The van der Waals surface area contributed by atoms with Gasteiger partial charge >= 0.3 is 0 Å². The van der Waals surface area contributed by atoms with Crippen LogP contribution in [0.5, 0.6) is 17.2 Å². The summed E-state index contributed by atoms with van der Waals surface area (Å²) in [6.45, 7) is 0.467. The lowest BCUT2D eigenvalue weighted by atomic mass is 10.2. The quantitative estimate of drug-likeness (QED) is 0.407. The van der Waals surface area contributed by atoms with Crippen LogP contribution in [0.3, 0.4) is 0 Å². The van der Waals surface area contributed by atoms with Crippen molar-refractivity contribution in [2.24, 2.45) is 10.7 Å². The van der Waals surface area contributed by atoms with Gasteiger partial charge in [-0.1, -0.05) is 12.1 Å². The summed E-state index contributed by atoms with van der Waals surface area (Å²) < 4.78 is 15.6. The number of benzene rings is 2. The molecule has 2 aromatic rings. The highest BCUT2D eigenvalue weighted by Gasteiger charge is 2.06. The van der Waals surface area contributed by atoms with Gasteiger partial charge in [-0.25, -0.2) is 4.99 Å². The van der Waals surface area contributed by atoms with E-state index in [9.17, 15) is 0 Å². The van der Waals surface area contributed by atoms with Gasteiger partial charge in [0.15, 0.2) is 5.96 Å². The Balaban J connectivity index is 0.00000288. The first-order valence-electron chi connectivity index (χ1n) is 7.08. The maximum atomic E-state index is 5.94. The smallest absolute Gasteiger partial charge is 0.193 e. The van der Waals surface area contributed by atoms with Crippen molar-refractivity contribution in [3.05, 3.63) is 48.0 Å². The highest BCUT2D eigenvalue weighted by molar-refractivity contribution is 14.0. The van der Waals surface area contributed by atoms with E-state index in [2.05, 4.69) is 10.3 Å². The summed E-state index contributed by atoms with van der Waals surface area (Å²) in [4.78, 5) is 4.32. The first kappa shape index (κ1) is 19.9. The molecule has 0 aliphatic rings. The number of nitrogens with zero attached hydrogens (tertiary/aromatic N) is 1. The van der Waals surface area contributed by atoms with Crippen molar-refractivity contribution in [2.75, 3.05) is 26.6 Å². The molecule has 0 aliphatic heterocycles. The van der Waals surface area contributed by atoms with E-state index in [1.165, 1.54) is 0 Å². The zero-order valence-electron chi connectivity index (χ0n) is 13.9. The minimum atomic E-state index is 0. The molecule has 0 atom stereocenters. The molecule has 0 unspecified atom stereocenters. The molecule has 130 valence electrons. The fraction of sp³-hybridized carbons (Fsp3) is 0.235. The molecule has 7 heteroatoms. The highest BCUT2D eigenvalue weighted by atomic mass is 127. The van der Waals surface area contributed by atoms with Crippen LogP contribution in [-0.4, -0.2) is 27.3 Å². The molecule has 0 aliphatic carbocycles. The van der Waals surface area contributed by atoms with Crippen LogP contribution >= 0.6 is 24.0 Å². The molecule has 0 fully saturated rings. The highest BCUT2D eigenvalue weighted by Crippen LogP contribution is 2.28. The average Bonchev–Trinajstić information content (AvgIpc) is 2.60. The van der Waals surface area contributed by atoms with Gasteiger partial charge < -0.3 is 25.3 Å². The summed E-state index contributed by atoms with van der Waals surface area (Å²) >= 11 is 0. The van der Waals surface area contributed by atoms with Gasteiger partial charge in [-0.05, 0) is 29.8 Å². The second-order valence-electron chi connectivity index (χ2n) is 4.74. The molecule has 0 radical (unpaired) electrons. The van der Waals surface area contributed by atoms with Gasteiger partial charge in [-0.15, -0.1) is 24.0 Å². The summed E-state index contributed by atoms with van der Waals surface area (Å²) in [6.07, 6.45) is 0. The summed E-state index contributed by atoms with van der Waals surface area (Å²) in [5, 5.41) is 3.03. The molecule has 2 rings (SSSR count). The van der Waals surface area contributed by atoms with Crippen molar-refractivity contribution in [3.8, 4) is 17.2 Å². The van der Waals surface area contributed by atoms with E-state index < -0.39 is 0 Å². The molecule has 0 aromatic heterocycles. The third-order valence-corrected chi connectivity index (χ3v) is 3.26. The minimum Gasteiger partial charge on any atom is -0.497 e. The van der Waals surface area contributed by atoms with E-state index in [4.69, 9.17) is 19.9 Å². The predicted molar refractivity (Wildman–Crippen MR) is 107 cm³/mol. The van der Waals surface area contributed by atoms with Gasteiger partial charge in [-0.3, -0.25) is 0 Å². The van der Waals surface area contributed by atoms with E-state index in [0.29, 0.717) is 29.7 Å². The SMILES string of the molecule is COc1ccc(CN=C(N)Nc2cc(OC)ccc2OC)cc1.I. The third-order valence-electron chi connectivity index (χ3n) is 3.26. The van der Waals surface area contributed by atoms with E-state index in [-0.39, 0.29) is 24.0 Å². The van der Waals surface area contributed by atoms with Crippen LogP contribution in [0.1, 0.15) is 5.56 Å². The van der Waals surface area contributed by atoms with E-state index in [1.807, 2.05) is 30.3 Å². The summed E-state index contributed by atoms with van der Waals surface area (Å²) in [6, 6.07) is 13.1. The molecule has 2 aromatic carbocycles. The van der Waals surface area contributed by atoms with Crippen LogP contribution in [0.2, 0.25) is 0 Å². The van der Waals surface area contributed by atoms with E-state index >= 15 is 0 Å². The number of nitrogens with two attached hydrogens (primary N) is 1. The maximum Gasteiger partial charge on any atom is 0.193 e. The Bertz CT molecular complexity index is 675. The van der Waals surface area contributed by atoms with Crippen LogP contribution in [0.4, 0.5) is 5.69 Å². The average molecular weight is 443 g/mol. The van der Waals surface area contributed by atoms with Gasteiger partial charge in [0.1, 0.15) is 17.2 Å². The van der Waals surface area contributed by atoms with Crippen molar-refractivity contribution in [1.82, 2.24) is 0 Å². The van der Waals surface area contributed by atoms with Crippen LogP contribution in [0, 0.1) is 0 Å². The van der Waals surface area contributed by atoms with Gasteiger partial charge in [0.2, 0.25) is 0 Å². The Kier molecular flexibility index (Phi) is 8.17. The van der Waals surface area contributed by atoms with E-state index in [0.717, 1.165) is 11.3 Å². The van der Waals surface area contributed by atoms with Gasteiger partial charge in [0, 0.05) is 6.07 Å². The van der Waals surface area contributed by atoms with Crippen molar-refractivity contribution in [1.29, 1.82) is 0 Å². The molecular weight excluding hydrogens is 421 g/mol. The Hall–Kier alpha value is -2.16. The number of hydrogen-bond donors (Lipinski definition) is 2. The Morgan fingerprint density at radius 3 is 2.17 bits per heavy atom. The molecule has 0 heterocycles. The number of ether oxygens (including phenoxy) is 3. The summed E-state index contributed by atoms with van der Waals surface area (Å²) in [7, 11) is 4.83. The predicted octanol–water partition coefficient (Wildman–Crippen LogP) is 3.26. The molecule has 0 spiro atoms. The molecule has 3 N–H and O–H groups in total. The number of aliphatic imine (C=N–C) groups is 1. The number of guanidine groups is 1. The number of halogens is 1.